The predicted octanol–water partition coefficient (Wildman–Crippen LogP) is 3.53. The Kier molecular flexibility index (Phi) is 8.37. The molecule has 0 saturated carbocycles. The number of carbonyl (C=O) groups is 2. The summed E-state index contributed by atoms with van der Waals surface area (Å²) in [6.45, 7) is 8.02. The summed E-state index contributed by atoms with van der Waals surface area (Å²) in [5.41, 5.74) is 6.80. The number of benzene rings is 1. The zero-order valence-corrected chi connectivity index (χ0v) is 19.5. The van der Waals surface area contributed by atoms with E-state index in [1.165, 1.54) is 0 Å². The molecule has 178 valence electrons. The van der Waals surface area contributed by atoms with Crippen LogP contribution in [0, 0.1) is 0 Å². The minimum absolute atomic E-state index is 0.0324. The molecule has 0 bridgehead atoms. The van der Waals surface area contributed by atoms with Crippen LogP contribution in [-0.2, 0) is 20.8 Å². The van der Waals surface area contributed by atoms with Gasteiger partial charge < -0.3 is 29.7 Å². The molecular weight excluding hydrogens is 410 g/mol. The van der Waals surface area contributed by atoms with Crippen molar-refractivity contribution in [3.8, 4) is 0 Å². The first-order valence-corrected chi connectivity index (χ1v) is 11.6. The molecule has 2 N–H and O–H groups in total. The van der Waals surface area contributed by atoms with E-state index in [9.17, 15) is 9.59 Å². The highest BCUT2D eigenvalue weighted by molar-refractivity contribution is 5.68. The van der Waals surface area contributed by atoms with E-state index >= 15 is 0 Å². The fourth-order valence-electron chi connectivity index (χ4n) is 4.10. The molecule has 8 heteroatoms. The smallest absolute Gasteiger partial charge is 0.410 e. The molecule has 2 amide bonds. The van der Waals surface area contributed by atoms with E-state index in [-0.39, 0.29) is 37.0 Å². The number of nitrogens with zero attached hydrogens (tertiary/aromatic N) is 2. The predicted molar refractivity (Wildman–Crippen MR) is 121 cm³/mol. The van der Waals surface area contributed by atoms with Crippen LogP contribution in [0.4, 0.5) is 9.59 Å². The van der Waals surface area contributed by atoms with Gasteiger partial charge in [0.1, 0.15) is 12.2 Å². The summed E-state index contributed by atoms with van der Waals surface area (Å²) in [7, 11) is 0. The van der Waals surface area contributed by atoms with Crippen LogP contribution in [0.1, 0.15) is 52.0 Å². The highest BCUT2D eigenvalue weighted by Gasteiger charge is 2.35. The lowest BCUT2D eigenvalue weighted by molar-refractivity contribution is -0.0381. The summed E-state index contributed by atoms with van der Waals surface area (Å²) in [6.07, 6.45) is 2.58. The van der Waals surface area contributed by atoms with E-state index in [4.69, 9.17) is 19.9 Å². The lowest BCUT2D eigenvalue weighted by Crippen LogP contribution is -2.57. The molecule has 2 saturated heterocycles. The number of hydrogen-bond acceptors (Lipinski definition) is 6. The number of amides is 2. The molecule has 8 nitrogen and oxygen atoms in total. The number of carbonyl (C=O) groups excluding carboxylic acids is 2. The van der Waals surface area contributed by atoms with E-state index in [2.05, 4.69) is 0 Å². The van der Waals surface area contributed by atoms with Crippen LogP contribution in [0.2, 0.25) is 0 Å². The quantitative estimate of drug-likeness (QED) is 0.742. The number of nitrogens with two attached hydrogens (primary N) is 1. The van der Waals surface area contributed by atoms with Gasteiger partial charge in [0.15, 0.2) is 0 Å². The summed E-state index contributed by atoms with van der Waals surface area (Å²) < 4.78 is 17.1. The number of rotatable bonds is 5. The normalized spacial score (nSPS) is 22.5. The lowest BCUT2D eigenvalue weighted by Gasteiger charge is -2.40. The molecule has 2 atom stereocenters. The molecule has 2 aliphatic rings. The van der Waals surface area contributed by atoms with Crippen LogP contribution in [0.5, 0.6) is 0 Å². The second-order valence-corrected chi connectivity index (χ2v) is 9.61. The van der Waals surface area contributed by atoms with Gasteiger partial charge in [-0.05, 0) is 52.0 Å². The maximum absolute atomic E-state index is 12.7. The molecule has 0 unspecified atom stereocenters. The topological polar surface area (TPSA) is 94.3 Å². The van der Waals surface area contributed by atoms with Crippen molar-refractivity contribution in [1.82, 2.24) is 9.80 Å². The monoisotopic (exact) mass is 447 g/mol. The lowest BCUT2D eigenvalue weighted by atomic mass is 9.98. The largest absolute Gasteiger partial charge is 0.445 e. The van der Waals surface area contributed by atoms with Crippen molar-refractivity contribution in [1.29, 1.82) is 0 Å². The second kappa shape index (κ2) is 11.0. The van der Waals surface area contributed by atoms with Gasteiger partial charge in [0.25, 0.3) is 0 Å². The van der Waals surface area contributed by atoms with Gasteiger partial charge in [-0.25, -0.2) is 9.59 Å². The van der Waals surface area contributed by atoms with E-state index in [0.717, 1.165) is 31.2 Å². The standard InChI is InChI=1S/C24H37N3O5/c1-24(2,3)32-22(28)26-14-11-19(12-15-26)30-17-21-20(25)10-7-13-27(21)23(29)31-16-18-8-5-4-6-9-18/h4-6,8-9,19-21H,7,10-17,25H2,1-3H3/t20-,21-/m1/s1. The zero-order chi connectivity index (χ0) is 23.1. The van der Waals surface area contributed by atoms with Crippen molar-refractivity contribution in [2.75, 3.05) is 26.2 Å². The number of likely N-dealkylation sites (tertiary alicyclic amines) is 2. The minimum atomic E-state index is -0.500. The summed E-state index contributed by atoms with van der Waals surface area (Å²) in [4.78, 5) is 28.4. The number of hydrogen-bond donors (Lipinski definition) is 1. The fourth-order valence-corrected chi connectivity index (χ4v) is 4.10. The number of ether oxygens (including phenoxy) is 3. The van der Waals surface area contributed by atoms with Crippen LogP contribution in [-0.4, -0.2) is 72.0 Å². The van der Waals surface area contributed by atoms with E-state index in [1.807, 2.05) is 51.1 Å². The molecule has 2 fully saturated rings. The highest BCUT2D eigenvalue weighted by atomic mass is 16.6. The van der Waals surface area contributed by atoms with E-state index < -0.39 is 5.60 Å². The van der Waals surface area contributed by atoms with E-state index in [0.29, 0.717) is 26.2 Å². The van der Waals surface area contributed by atoms with Crippen LogP contribution < -0.4 is 5.73 Å². The maximum Gasteiger partial charge on any atom is 0.410 e. The SMILES string of the molecule is CC(C)(C)OC(=O)N1CCC(OC[C@@H]2[C@H](N)CCCN2C(=O)OCc2ccccc2)CC1. The molecular formula is C24H37N3O5. The Hall–Kier alpha value is -2.32. The van der Waals surface area contributed by atoms with Crippen LogP contribution in [0.15, 0.2) is 30.3 Å². The third-order valence-electron chi connectivity index (χ3n) is 5.87. The Morgan fingerprint density at radius 2 is 1.72 bits per heavy atom. The first-order chi connectivity index (χ1) is 15.2. The average molecular weight is 448 g/mol. The summed E-state index contributed by atoms with van der Waals surface area (Å²) in [5.74, 6) is 0. The first kappa shape index (κ1) is 24.3. The molecule has 0 aliphatic carbocycles. The molecule has 0 aromatic heterocycles. The molecule has 3 rings (SSSR count). The molecule has 0 spiro atoms. The Bertz CT molecular complexity index is 744. The minimum Gasteiger partial charge on any atom is -0.445 e. The maximum atomic E-state index is 12.7. The van der Waals surface area contributed by atoms with Crippen molar-refractivity contribution in [3.63, 3.8) is 0 Å². The fraction of sp³-hybridized carbons (Fsp3) is 0.667. The second-order valence-electron chi connectivity index (χ2n) is 9.61. The summed E-state index contributed by atoms with van der Waals surface area (Å²) in [5, 5.41) is 0. The van der Waals surface area contributed by atoms with Crippen molar-refractivity contribution in [2.45, 2.75) is 76.9 Å². The molecule has 1 aromatic carbocycles. The highest BCUT2D eigenvalue weighted by Crippen LogP contribution is 2.22. The van der Waals surface area contributed by atoms with Crippen LogP contribution >= 0.6 is 0 Å². The first-order valence-electron chi connectivity index (χ1n) is 11.6. The summed E-state index contributed by atoms with van der Waals surface area (Å²) in [6, 6.07) is 9.28. The molecule has 2 heterocycles. The van der Waals surface area contributed by atoms with Gasteiger partial charge in [-0.1, -0.05) is 30.3 Å². The third kappa shape index (κ3) is 7.10. The summed E-state index contributed by atoms with van der Waals surface area (Å²) >= 11 is 0. The van der Waals surface area contributed by atoms with Crippen molar-refractivity contribution in [3.05, 3.63) is 35.9 Å². The van der Waals surface area contributed by atoms with Crippen LogP contribution in [0.25, 0.3) is 0 Å². The Morgan fingerprint density at radius 3 is 2.38 bits per heavy atom. The molecule has 32 heavy (non-hydrogen) atoms. The van der Waals surface area contributed by atoms with E-state index in [1.54, 1.807) is 9.80 Å². The molecule has 2 aliphatic heterocycles. The van der Waals surface area contributed by atoms with Crippen molar-refractivity contribution >= 4 is 12.2 Å². The zero-order valence-electron chi connectivity index (χ0n) is 19.5. The Morgan fingerprint density at radius 1 is 1.03 bits per heavy atom. The van der Waals surface area contributed by atoms with Gasteiger partial charge in [-0.15, -0.1) is 0 Å². The Labute approximate surface area is 191 Å². The van der Waals surface area contributed by atoms with Gasteiger partial charge in [-0.2, -0.15) is 0 Å². The van der Waals surface area contributed by atoms with Gasteiger partial charge in [-0.3, -0.25) is 0 Å². The van der Waals surface area contributed by atoms with Crippen LogP contribution in [0.3, 0.4) is 0 Å². The van der Waals surface area contributed by atoms with Crippen molar-refractivity contribution in [2.24, 2.45) is 5.73 Å². The molecule has 0 radical (unpaired) electrons. The van der Waals surface area contributed by atoms with Crippen molar-refractivity contribution < 1.29 is 23.8 Å². The van der Waals surface area contributed by atoms with Gasteiger partial charge in [0.05, 0.1) is 18.8 Å². The van der Waals surface area contributed by atoms with Gasteiger partial charge in [0, 0.05) is 25.7 Å². The van der Waals surface area contributed by atoms with Gasteiger partial charge in [0.2, 0.25) is 0 Å². The van der Waals surface area contributed by atoms with Gasteiger partial charge >= 0.3 is 12.2 Å². The third-order valence-corrected chi connectivity index (χ3v) is 5.87. The average Bonchev–Trinajstić information content (AvgIpc) is 2.76. The number of piperidine rings is 2. The molecule has 1 aromatic rings. The Balaban J connectivity index is 1.47.